The van der Waals surface area contributed by atoms with Gasteiger partial charge < -0.3 is 4.74 Å². The van der Waals surface area contributed by atoms with Crippen molar-refractivity contribution < 1.29 is 9.53 Å². The monoisotopic (exact) mass is 277 g/mol. The number of nitrogens with zero attached hydrogens (tertiary/aromatic N) is 1. The molecule has 0 N–H and O–H groups in total. The van der Waals surface area contributed by atoms with Crippen LogP contribution in [0.2, 0.25) is 0 Å². The van der Waals surface area contributed by atoms with Crippen LogP contribution < -0.4 is 0 Å². The maximum atomic E-state index is 12.0. The van der Waals surface area contributed by atoms with Crippen molar-refractivity contribution in [1.82, 2.24) is 4.98 Å². The Morgan fingerprint density at radius 2 is 1.81 bits per heavy atom. The number of aryl methyl sites for hydroxylation is 1. The van der Waals surface area contributed by atoms with Crippen molar-refractivity contribution in [2.45, 2.75) is 6.92 Å². The molecular weight excluding hydrogens is 262 g/mol. The van der Waals surface area contributed by atoms with Crippen molar-refractivity contribution in [2.24, 2.45) is 0 Å². The van der Waals surface area contributed by atoms with Crippen LogP contribution in [0.15, 0.2) is 54.7 Å². The predicted molar refractivity (Wildman–Crippen MR) is 83.3 cm³/mol. The van der Waals surface area contributed by atoms with Crippen molar-refractivity contribution in [3.8, 4) is 11.1 Å². The molecule has 0 bridgehead atoms. The number of hydrogen-bond donors (Lipinski definition) is 0. The third kappa shape index (κ3) is 2.38. The summed E-state index contributed by atoms with van der Waals surface area (Å²) >= 11 is 0. The Bertz CT molecular complexity index is 824. The largest absolute Gasteiger partial charge is 0.465 e. The lowest BCUT2D eigenvalue weighted by Gasteiger charge is -2.11. The minimum Gasteiger partial charge on any atom is -0.465 e. The van der Waals surface area contributed by atoms with Gasteiger partial charge in [-0.15, -0.1) is 0 Å². The van der Waals surface area contributed by atoms with Crippen molar-refractivity contribution in [3.05, 3.63) is 66.0 Å². The second kappa shape index (κ2) is 5.37. The molecule has 1 heterocycles. The molecular formula is C18H15NO2. The highest BCUT2D eigenvalue weighted by Gasteiger charge is 2.17. The molecule has 104 valence electrons. The molecule has 21 heavy (non-hydrogen) atoms. The topological polar surface area (TPSA) is 39.2 Å². The first kappa shape index (κ1) is 13.3. The lowest BCUT2D eigenvalue weighted by atomic mass is 9.97. The van der Waals surface area contributed by atoms with E-state index in [9.17, 15) is 4.79 Å². The fourth-order valence-electron chi connectivity index (χ4n) is 2.52. The molecule has 0 amide bonds. The lowest BCUT2D eigenvalue weighted by molar-refractivity contribution is 0.0600. The summed E-state index contributed by atoms with van der Waals surface area (Å²) in [6, 6.07) is 16.2. The Morgan fingerprint density at radius 3 is 2.57 bits per heavy atom. The zero-order chi connectivity index (χ0) is 14.8. The smallest absolute Gasteiger partial charge is 0.340 e. The molecule has 0 aliphatic rings. The second-order valence-corrected chi connectivity index (χ2v) is 4.87. The molecule has 3 rings (SSSR count). The fraction of sp³-hybridized carbons (Fsp3) is 0.111. The Morgan fingerprint density at radius 1 is 1.05 bits per heavy atom. The van der Waals surface area contributed by atoms with Crippen molar-refractivity contribution in [1.29, 1.82) is 0 Å². The highest BCUT2D eigenvalue weighted by Crippen LogP contribution is 2.28. The highest BCUT2D eigenvalue weighted by atomic mass is 16.5. The van der Waals surface area contributed by atoms with Gasteiger partial charge in [-0.2, -0.15) is 0 Å². The van der Waals surface area contributed by atoms with E-state index in [2.05, 4.69) is 29.2 Å². The van der Waals surface area contributed by atoms with E-state index in [1.807, 2.05) is 31.2 Å². The first-order valence-corrected chi connectivity index (χ1v) is 6.74. The van der Waals surface area contributed by atoms with Crippen molar-refractivity contribution >= 4 is 16.7 Å². The number of aromatic nitrogens is 1. The van der Waals surface area contributed by atoms with Gasteiger partial charge in [-0.25, -0.2) is 4.79 Å². The summed E-state index contributed by atoms with van der Waals surface area (Å²) in [5, 5.41) is 2.31. The first-order chi connectivity index (χ1) is 10.2. The number of benzene rings is 2. The van der Waals surface area contributed by atoms with Crippen LogP contribution >= 0.6 is 0 Å². The van der Waals surface area contributed by atoms with Crippen LogP contribution in [0, 0.1) is 6.92 Å². The van der Waals surface area contributed by atoms with Crippen LogP contribution in [0.5, 0.6) is 0 Å². The minimum atomic E-state index is -0.358. The number of ether oxygens (including phenoxy) is 1. The highest BCUT2D eigenvalue weighted by molar-refractivity contribution is 5.99. The summed E-state index contributed by atoms with van der Waals surface area (Å²) in [6.07, 6.45) is 1.71. The number of esters is 1. The van der Waals surface area contributed by atoms with E-state index >= 15 is 0 Å². The van der Waals surface area contributed by atoms with Gasteiger partial charge in [0.25, 0.3) is 0 Å². The van der Waals surface area contributed by atoms with Crippen LogP contribution in [0.25, 0.3) is 21.9 Å². The van der Waals surface area contributed by atoms with Crippen LogP contribution in [-0.2, 0) is 4.74 Å². The SMILES string of the molecule is COC(=O)c1c(-c2ccc3ccccc3c2)ccnc1C. The van der Waals surface area contributed by atoms with E-state index in [1.165, 1.54) is 12.5 Å². The summed E-state index contributed by atoms with van der Waals surface area (Å²) in [6.45, 7) is 1.82. The van der Waals surface area contributed by atoms with Gasteiger partial charge in [0.05, 0.1) is 18.4 Å². The molecule has 0 unspecified atom stereocenters. The van der Waals surface area contributed by atoms with E-state index in [1.54, 1.807) is 6.20 Å². The molecule has 0 fully saturated rings. The molecule has 1 aromatic heterocycles. The van der Waals surface area contributed by atoms with E-state index in [4.69, 9.17) is 4.74 Å². The van der Waals surface area contributed by atoms with Gasteiger partial charge in [0.1, 0.15) is 0 Å². The number of methoxy groups -OCH3 is 1. The third-order valence-electron chi connectivity index (χ3n) is 3.59. The summed E-state index contributed by atoms with van der Waals surface area (Å²) in [5.41, 5.74) is 3.03. The molecule has 0 atom stereocenters. The lowest BCUT2D eigenvalue weighted by Crippen LogP contribution is -2.07. The van der Waals surface area contributed by atoms with E-state index < -0.39 is 0 Å². The summed E-state index contributed by atoms with van der Waals surface area (Å²) in [5.74, 6) is -0.358. The number of hydrogen-bond acceptors (Lipinski definition) is 3. The minimum absolute atomic E-state index is 0.358. The Labute approximate surface area is 123 Å². The zero-order valence-electron chi connectivity index (χ0n) is 12.0. The maximum absolute atomic E-state index is 12.0. The third-order valence-corrected chi connectivity index (χ3v) is 3.59. The maximum Gasteiger partial charge on any atom is 0.340 e. The van der Waals surface area contributed by atoms with Crippen LogP contribution in [0.4, 0.5) is 0 Å². The average Bonchev–Trinajstić information content (AvgIpc) is 2.53. The Balaban J connectivity index is 2.23. The number of fused-ring (bicyclic) bond motifs is 1. The molecule has 0 saturated heterocycles. The standard InChI is InChI=1S/C18H15NO2/c1-12-17(18(20)21-2)16(9-10-19-12)15-8-7-13-5-3-4-6-14(13)11-15/h3-11H,1-2H3. The van der Waals surface area contributed by atoms with Gasteiger partial charge in [0.2, 0.25) is 0 Å². The molecule has 0 saturated carbocycles. The number of carbonyl (C=O) groups is 1. The van der Waals surface area contributed by atoms with E-state index in [0.717, 1.165) is 16.5 Å². The molecule has 3 nitrogen and oxygen atoms in total. The number of carbonyl (C=O) groups excluding carboxylic acids is 1. The molecule has 3 heteroatoms. The Kier molecular flexibility index (Phi) is 3.40. The molecule has 2 aromatic carbocycles. The Hall–Kier alpha value is -2.68. The average molecular weight is 277 g/mol. The van der Waals surface area contributed by atoms with Crippen LogP contribution in [0.3, 0.4) is 0 Å². The molecule has 0 aliphatic carbocycles. The van der Waals surface area contributed by atoms with Gasteiger partial charge in [-0.3, -0.25) is 4.98 Å². The quantitative estimate of drug-likeness (QED) is 0.665. The zero-order valence-corrected chi connectivity index (χ0v) is 12.0. The predicted octanol–water partition coefficient (Wildman–Crippen LogP) is 4.00. The van der Waals surface area contributed by atoms with Gasteiger partial charge in [0, 0.05) is 6.20 Å². The first-order valence-electron chi connectivity index (χ1n) is 6.74. The van der Waals surface area contributed by atoms with Gasteiger partial charge >= 0.3 is 5.97 Å². The molecule has 0 spiro atoms. The van der Waals surface area contributed by atoms with Crippen molar-refractivity contribution in [3.63, 3.8) is 0 Å². The summed E-state index contributed by atoms with van der Waals surface area (Å²) in [7, 11) is 1.39. The van der Waals surface area contributed by atoms with Gasteiger partial charge in [-0.1, -0.05) is 36.4 Å². The van der Waals surface area contributed by atoms with Crippen molar-refractivity contribution in [2.75, 3.05) is 7.11 Å². The molecule has 0 radical (unpaired) electrons. The summed E-state index contributed by atoms with van der Waals surface area (Å²) in [4.78, 5) is 16.2. The number of rotatable bonds is 2. The summed E-state index contributed by atoms with van der Waals surface area (Å²) < 4.78 is 4.89. The van der Waals surface area contributed by atoms with Gasteiger partial charge in [0.15, 0.2) is 0 Å². The number of pyridine rings is 1. The van der Waals surface area contributed by atoms with Crippen LogP contribution in [0.1, 0.15) is 16.1 Å². The van der Waals surface area contributed by atoms with E-state index in [0.29, 0.717) is 11.3 Å². The van der Waals surface area contributed by atoms with E-state index in [-0.39, 0.29) is 5.97 Å². The normalized spacial score (nSPS) is 10.6. The molecule has 3 aromatic rings. The molecule has 0 aliphatic heterocycles. The van der Waals surface area contributed by atoms with Crippen LogP contribution in [-0.4, -0.2) is 18.1 Å². The fourth-order valence-corrected chi connectivity index (χ4v) is 2.52. The van der Waals surface area contributed by atoms with Gasteiger partial charge in [-0.05, 0) is 41.0 Å². The second-order valence-electron chi connectivity index (χ2n) is 4.87.